The smallest absolute Gasteiger partial charge is 0.139 e. The van der Waals surface area contributed by atoms with E-state index in [-0.39, 0.29) is 5.41 Å². The molecule has 0 saturated heterocycles. The molecule has 0 spiro atoms. The van der Waals surface area contributed by atoms with E-state index in [1.54, 1.807) is 0 Å². The van der Waals surface area contributed by atoms with Crippen LogP contribution in [0.5, 0.6) is 5.75 Å². The molecule has 1 aromatic rings. The normalized spacial score (nSPS) is 39.0. The van der Waals surface area contributed by atoms with Crippen LogP contribution in [0, 0.1) is 17.3 Å². The largest absolute Gasteiger partial charge is 0.508 e. The Morgan fingerprint density at radius 2 is 2.05 bits per heavy atom. The van der Waals surface area contributed by atoms with E-state index in [4.69, 9.17) is 0 Å². The molecule has 2 fully saturated rings. The van der Waals surface area contributed by atoms with Crippen molar-refractivity contribution in [1.29, 1.82) is 0 Å². The van der Waals surface area contributed by atoms with Gasteiger partial charge in [0.2, 0.25) is 0 Å². The Morgan fingerprint density at radius 3 is 2.90 bits per heavy atom. The van der Waals surface area contributed by atoms with Crippen molar-refractivity contribution >= 4 is 5.78 Å². The van der Waals surface area contributed by atoms with E-state index in [0.29, 0.717) is 29.3 Å². The summed E-state index contributed by atoms with van der Waals surface area (Å²) in [7, 11) is 0. The van der Waals surface area contributed by atoms with E-state index in [0.717, 1.165) is 32.1 Å². The third-order valence-electron chi connectivity index (χ3n) is 6.42. The number of phenolic OH excluding ortho intramolecular Hbond substituents is 1. The summed E-state index contributed by atoms with van der Waals surface area (Å²) >= 11 is 0. The zero-order chi connectivity index (χ0) is 13.9. The number of hydrogen-bond donors (Lipinski definition) is 1. The first-order valence-corrected chi connectivity index (χ1v) is 7.95. The molecule has 0 aromatic heterocycles. The molecule has 0 aliphatic heterocycles. The van der Waals surface area contributed by atoms with Crippen molar-refractivity contribution in [3.8, 4) is 5.75 Å². The Hall–Kier alpha value is -1.31. The second-order valence-corrected chi connectivity index (χ2v) is 7.22. The molecule has 3 aliphatic rings. The lowest BCUT2D eigenvalue weighted by Gasteiger charge is -2.48. The molecule has 0 bridgehead atoms. The molecule has 20 heavy (non-hydrogen) atoms. The van der Waals surface area contributed by atoms with Crippen molar-refractivity contribution < 1.29 is 9.90 Å². The molecule has 4 rings (SSSR count). The SMILES string of the molecule is C[C@]12CC[C@@H]3c4ccc(O)cc4CCC3[C@@H]1CCC2=O. The van der Waals surface area contributed by atoms with Crippen LogP contribution in [0.15, 0.2) is 18.2 Å². The monoisotopic (exact) mass is 270 g/mol. The van der Waals surface area contributed by atoms with Crippen molar-refractivity contribution in [3.05, 3.63) is 29.3 Å². The second kappa shape index (κ2) is 4.09. The molecule has 4 atom stereocenters. The average Bonchev–Trinajstić information content (AvgIpc) is 2.74. The lowest BCUT2D eigenvalue weighted by molar-refractivity contribution is -0.129. The maximum Gasteiger partial charge on any atom is 0.139 e. The van der Waals surface area contributed by atoms with Gasteiger partial charge in [-0.15, -0.1) is 0 Å². The number of carbonyl (C=O) groups is 1. The van der Waals surface area contributed by atoms with Crippen molar-refractivity contribution in [2.24, 2.45) is 17.3 Å². The quantitative estimate of drug-likeness (QED) is 0.778. The van der Waals surface area contributed by atoms with Gasteiger partial charge in [0.1, 0.15) is 11.5 Å². The van der Waals surface area contributed by atoms with Crippen LogP contribution in [0.25, 0.3) is 0 Å². The maximum atomic E-state index is 12.3. The minimum absolute atomic E-state index is 0.0322. The van der Waals surface area contributed by atoms with Crippen LogP contribution >= 0.6 is 0 Å². The molecule has 1 N–H and O–H groups in total. The summed E-state index contributed by atoms with van der Waals surface area (Å²) in [4.78, 5) is 12.3. The highest BCUT2D eigenvalue weighted by Crippen LogP contribution is 2.59. The summed E-state index contributed by atoms with van der Waals surface area (Å²) in [5.41, 5.74) is 2.75. The van der Waals surface area contributed by atoms with Gasteiger partial charge in [-0.1, -0.05) is 13.0 Å². The molecule has 3 aliphatic carbocycles. The Morgan fingerprint density at radius 1 is 1.20 bits per heavy atom. The summed E-state index contributed by atoms with van der Waals surface area (Å²) in [5.74, 6) is 2.78. The predicted molar refractivity (Wildman–Crippen MR) is 77.7 cm³/mol. The number of Topliss-reactive ketones (excluding diaryl/α,β-unsaturated/α-hetero) is 1. The number of ketones is 1. The van der Waals surface area contributed by atoms with Crippen molar-refractivity contribution in [2.45, 2.75) is 51.4 Å². The summed E-state index contributed by atoms with van der Waals surface area (Å²) in [6.07, 6.45) is 6.34. The van der Waals surface area contributed by atoms with E-state index in [1.807, 2.05) is 12.1 Å². The van der Waals surface area contributed by atoms with Crippen LogP contribution in [0.2, 0.25) is 0 Å². The molecular weight excluding hydrogens is 248 g/mol. The lowest BCUT2D eigenvalue weighted by Crippen LogP contribution is -2.42. The standard InChI is InChI=1S/C18H22O2/c1-18-9-8-14-13-5-3-12(19)10-11(13)2-4-15(14)16(18)6-7-17(18)20/h3,5,10,14-16,19H,2,4,6-9H2,1H3/t14-,15?,16+,18+/m1/s1. The lowest BCUT2D eigenvalue weighted by atomic mass is 9.55. The van der Waals surface area contributed by atoms with Gasteiger partial charge in [0.05, 0.1) is 0 Å². The molecule has 1 unspecified atom stereocenters. The predicted octanol–water partition coefficient (Wildman–Crippen LogP) is 3.82. The summed E-state index contributed by atoms with van der Waals surface area (Å²) in [6, 6.07) is 5.90. The number of rotatable bonds is 0. The number of benzene rings is 1. The van der Waals surface area contributed by atoms with Crippen LogP contribution in [-0.4, -0.2) is 10.9 Å². The minimum atomic E-state index is -0.0322. The first-order chi connectivity index (χ1) is 9.59. The topological polar surface area (TPSA) is 37.3 Å². The number of carbonyl (C=O) groups excluding carboxylic acids is 1. The zero-order valence-corrected chi connectivity index (χ0v) is 12.1. The van der Waals surface area contributed by atoms with E-state index in [1.165, 1.54) is 17.5 Å². The minimum Gasteiger partial charge on any atom is -0.508 e. The van der Waals surface area contributed by atoms with Gasteiger partial charge in [-0.25, -0.2) is 0 Å². The van der Waals surface area contributed by atoms with E-state index >= 15 is 0 Å². The molecule has 2 saturated carbocycles. The van der Waals surface area contributed by atoms with E-state index < -0.39 is 0 Å². The number of hydrogen-bond acceptors (Lipinski definition) is 2. The molecule has 2 heteroatoms. The number of fused-ring (bicyclic) bond motifs is 5. The van der Waals surface area contributed by atoms with Crippen LogP contribution in [-0.2, 0) is 11.2 Å². The third kappa shape index (κ3) is 1.54. The first-order valence-electron chi connectivity index (χ1n) is 7.95. The Kier molecular flexibility index (Phi) is 2.55. The van der Waals surface area contributed by atoms with Gasteiger partial charge in [0, 0.05) is 11.8 Å². The third-order valence-corrected chi connectivity index (χ3v) is 6.42. The fourth-order valence-electron chi connectivity index (χ4n) is 5.34. The highest BCUT2D eigenvalue weighted by atomic mass is 16.3. The zero-order valence-electron chi connectivity index (χ0n) is 12.1. The van der Waals surface area contributed by atoms with Gasteiger partial charge in [-0.3, -0.25) is 4.79 Å². The van der Waals surface area contributed by atoms with Crippen molar-refractivity contribution in [1.82, 2.24) is 0 Å². The van der Waals surface area contributed by atoms with Gasteiger partial charge in [0.15, 0.2) is 0 Å². The molecule has 1 aromatic carbocycles. The Labute approximate surface area is 120 Å². The summed E-state index contributed by atoms with van der Waals surface area (Å²) < 4.78 is 0. The fourth-order valence-corrected chi connectivity index (χ4v) is 5.34. The first kappa shape index (κ1) is 12.4. The van der Waals surface area contributed by atoms with Crippen LogP contribution in [0.1, 0.15) is 56.1 Å². The van der Waals surface area contributed by atoms with Crippen molar-refractivity contribution in [2.75, 3.05) is 0 Å². The van der Waals surface area contributed by atoms with Crippen molar-refractivity contribution in [3.63, 3.8) is 0 Å². The number of aromatic hydroxyl groups is 1. The van der Waals surface area contributed by atoms with Crippen LogP contribution < -0.4 is 0 Å². The number of phenols is 1. The Bertz CT molecular complexity index is 577. The number of aryl methyl sites for hydroxylation is 1. The highest BCUT2D eigenvalue weighted by molar-refractivity contribution is 5.87. The fraction of sp³-hybridized carbons (Fsp3) is 0.611. The molecular formula is C18H22O2. The molecule has 0 radical (unpaired) electrons. The van der Waals surface area contributed by atoms with Gasteiger partial charge >= 0.3 is 0 Å². The Balaban J connectivity index is 1.73. The summed E-state index contributed by atoms with van der Waals surface area (Å²) in [5, 5.41) is 9.67. The molecule has 0 heterocycles. The molecule has 2 nitrogen and oxygen atoms in total. The van der Waals surface area contributed by atoms with Crippen LogP contribution in [0.3, 0.4) is 0 Å². The second-order valence-electron chi connectivity index (χ2n) is 7.22. The van der Waals surface area contributed by atoms with Gasteiger partial charge in [0.25, 0.3) is 0 Å². The van der Waals surface area contributed by atoms with Gasteiger partial charge < -0.3 is 5.11 Å². The summed E-state index contributed by atoms with van der Waals surface area (Å²) in [6.45, 7) is 2.22. The van der Waals surface area contributed by atoms with E-state index in [2.05, 4.69) is 13.0 Å². The van der Waals surface area contributed by atoms with Gasteiger partial charge in [-0.05, 0) is 73.1 Å². The highest BCUT2D eigenvalue weighted by Gasteiger charge is 2.54. The maximum absolute atomic E-state index is 12.3. The average molecular weight is 270 g/mol. The van der Waals surface area contributed by atoms with E-state index in [9.17, 15) is 9.90 Å². The van der Waals surface area contributed by atoms with Gasteiger partial charge in [-0.2, -0.15) is 0 Å². The molecule has 106 valence electrons. The van der Waals surface area contributed by atoms with Crippen LogP contribution in [0.4, 0.5) is 0 Å². The molecule has 0 amide bonds.